The van der Waals surface area contributed by atoms with E-state index in [1.165, 1.54) is 10.6 Å². The smallest absolute Gasteiger partial charge is 0.240 e. The third-order valence-electron chi connectivity index (χ3n) is 4.16. The Bertz CT molecular complexity index is 851. The number of hydrogen-bond acceptors (Lipinski definition) is 5. The van der Waals surface area contributed by atoms with Crippen LogP contribution in [0.3, 0.4) is 0 Å². The number of ether oxygens (including phenoxy) is 1. The van der Waals surface area contributed by atoms with Crippen LogP contribution in [0.5, 0.6) is 0 Å². The van der Waals surface area contributed by atoms with Crippen molar-refractivity contribution in [3.63, 3.8) is 0 Å². The molecule has 1 N–H and O–H groups in total. The minimum absolute atomic E-state index is 0.132. The van der Waals surface area contributed by atoms with Crippen LogP contribution in [0.1, 0.15) is 0 Å². The van der Waals surface area contributed by atoms with Gasteiger partial charge in [-0.05, 0) is 0 Å². The number of imidazole rings is 1. The number of nitrogens with zero attached hydrogens (tertiary/aromatic N) is 3. The summed E-state index contributed by atoms with van der Waals surface area (Å²) in [5, 5.41) is 2.81. The van der Waals surface area contributed by atoms with Crippen molar-refractivity contribution in [2.75, 3.05) is 32.5 Å². The molecule has 1 aromatic heterocycles. The van der Waals surface area contributed by atoms with Gasteiger partial charge in [0.15, 0.2) is 0 Å². The summed E-state index contributed by atoms with van der Waals surface area (Å²) >= 11 is 0. The molecule has 1 aliphatic rings. The van der Waals surface area contributed by atoms with Gasteiger partial charge < -0.3 is 14.6 Å². The SMILES string of the molecule is CS(=O)(=O)N1CCO[C@@H](CNC(=O)Cn2ccnc2-c2ccccc2)C1. The molecule has 2 aromatic rings. The predicted octanol–water partition coefficient (Wildman–Crippen LogP) is 0.327. The molecule has 3 rings (SSSR count). The largest absolute Gasteiger partial charge is 0.374 e. The lowest BCUT2D eigenvalue weighted by Crippen LogP contribution is -2.49. The second kappa shape index (κ2) is 7.98. The Morgan fingerprint density at radius 2 is 2.12 bits per heavy atom. The Balaban J connectivity index is 1.55. The highest BCUT2D eigenvalue weighted by molar-refractivity contribution is 7.88. The maximum atomic E-state index is 12.3. The van der Waals surface area contributed by atoms with Crippen LogP contribution in [-0.2, 0) is 26.1 Å². The normalized spacial score (nSPS) is 18.6. The van der Waals surface area contributed by atoms with E-state index in [0.717, 1.165) is 11.4 Å². The second-order valence-electron chi connectivity index (χ2n) is 6.16. The van der Waals surface area contributed by atoms with E-state index in [0.29, 0.717) is 13.2 Å². The highest BCUT2D eigenvalue weighted by Gasteiger charge is 2.26. The summed E-state index contributed by atoms with van der Waals surface area (Å²) < 4.78 is 31.9. The summed E-state index contributed by atoms with van der Waals surface area (Å²) in [5.74, 6) is 0.540. The van der Waals surface area contributed by atoms with E-state index < -0.39 is 10.0 Å². The first kappa shape index (κ1) is 18.6. The third kappa shape index (κ3) is 4.69. The Morgan fingerprint density at radius 1 is 1.35 bits per heavy atom. The maximum absolute atomic E-state index is 12.3. The zero-order valence-corrected chi connectivity index (χ0v) is 15.4. The van der Waals surface area contributed by atoms with Crippen molar-refractivity contribution in [3.05, 3.63) is 42.7 Å². The number of morpholine rings is 1. The van der Waals surface area contributed by atoms with Crippen molar-refractivity contribution in [1.82, 2.24) is 19.2 Å². The minimum Gasteiger partial charge on any atom is -0.374 e. The zero-order valence-electron chi connectivity index (χ0n) is 14.5. The Labute approximate surface area is 152 Å². The average Bonchev–Trinajstić information content (AvgIpc) is 3.08. The molecular weight excluding hydrogens is 356 g/mol. The molecule has 1 aliphatic heterocycles. The van der Waals surface area contributed by atoms with Crippen molar-refractivity contribution in [2.45, 2.75) is 12.6 Å². The number of carbonyl (C=O) groups excluding carboxylic acids is 1. The number of benzene rings is 1. The van der Waals surface area contributed by atoms with Crippen LogP contribution in [0, 0.1) is 0 Å². The average molecular weight is 378 g/mol. The number of nitrogens with one attached hydrogen (secondary N) is 1. The lowest BCUT2D eigenvalue weighted by Gasteiger charge is -2.31. The molecule has 1 atom stereocenters. The van der Waals surface area contributed by atoms with Crippen molar-refractivity contribution in [2.24, 2.45) is 0 Å². The number of hydrogen-bond donors (Lipinski definition) is 1. The van der Waals surface area contributed by atoms with Crippen molar-refractivity contribution >= 4 is 15.9 Å². The lowest BCUT2D eigenvalue weighted by molar-refractivity contribution is -0.122. The van der Waals surface area contributed by atoms with Gasteiger partial charge in [0.25, 0.3) is 0 Å². The van der Waals surface area contributed by atoms with Gasteiger partial charge in [0.2, 0.25) is 15.9 Å². The molecule has 26 heavy (non-hydrogen) atoms. The van der Waals surface area contributed by atoms with Gasteiger partial charge in [-0.1, -0.05) is 30.3 Å². The molecule has 1 fully saturated rings. The Morgan fingerprint density at radius 3 is 2.85 bits per heavy atom. The van der Waals surface area contributed by atoms with E-state index >= 15 is 0 Å². The molecule has 8 nitrogen and oxygen atoms in total. The van der Waals surface area contributed by atoms with E-state index in [2.05, 4.69) is 10.3 Å². The summed E-state index contributed by atoms with van der Waals surface area (Å²) in [6.45, 7) is 1.32. The van der Waals surface area contributed by atoms with Gasteiger partial charge in [0, 0.05) is 37.6 Å². The van der Waals surface area contributed by atoms with Crippen LogP contribution in [0.4, 0.5) is 0 Å². The zero-order chi connectivity index (χ0) is 18.6. The Kier molecular flexibility index (Phi) is 5.70. The third-order valence-corrected chi connectivity index (χ3v) is 5.43. The van der Waals surface area contributed by atoms with Gasteiger partial charge in [-0.3, -0.25) is 4.79 Å². The van der Waals surface area contributed by atoms with Gasteiger partial charge >= 0.3 is 0 Å². The van der Waals surface area contributed by atoms with Crippen LogP contribution >= 0.6 is 0 Å². The standard InChI is InChI=1S/C17H22N4O4S/c1-26(23,24)21-9-10-25-15(12-21)11-19-16(22)13-20-8-7-18-17(20)14-5-3-2-4-6-14/h2-8,15H,9-13H2,1H3,(H,19,22)/t15-/m0/s1. The van der Waals surface area contributed by atoms with Crippen molar-refractivity contribution < 1.29 is 17.9 Å². The summed E-state index contributed by atoms with van der Waals surface area (Å²) in [6, 6.07) is 9.64. The van der Waals surface area contributed by atoms with E-state index in [-0.39, 0.29) is 31.6 Å². The Hall–Kier alpha value is -2.23. The number of carbonyl (C=O) groups is 1. The van der Waals surface area contributed by atoms with Crippen LogP contribution in [0.15, 0.2) is 42.7 Å². The summed E-state index contributed by atoms with van der Waals surface area (Å²) in [6.07, 6.45) is 4.24. The fourth-order valence-electron chi connectivity index (χ4n) is 2.84. The van der Waals surface area contributed by atoms with E-state index in [1.807, 2.05) is 30.3 Å². The van der Waals surface area contributed by atoms with Crippen molar-refractivity contribution in [3.8, 4) is 11.4 Å². The highest BCUT2D eigenvalue weighted by atomic mass is 32.2. The maximum Gasteiger partial charge on any atom is 0.240 e. The number of aromatic nitrogens is 2. The molecular formula is C17H22N4O4S. The summed E-state index contributed by atoms with van der Waals surface area (Å²) in [5.41, 5.74) is 0.935. The molecule has 2 heterocycles. The molecule has 0 unspecified atom stereocenters. The quantitative estimate of drug-likeness (QED) is 0.782. The second-order valence-corrected chi connectivity index (χ2v) is 8.15. The lowest BCUT2D eigenvalue weighted by atomic mass is 10.2. The fraction of sp³-hybridized carbons (Fsp3) is 0.412. The first-order valence-corrected chi connectivity index (χ1v) is 10.2. The number of rotatable bonds is 6. The van der Waals surface area contributed by atoms with Gasteiger partial charge in [-0.25, -0.2) is 13.4 Å². The topological polar surface area (TPSA) is 93.5 Å². The van der Waals surface area contributed by atoms with Gasteiger partial charge in [0.1, 0.15) is 12.4 Å². The fourth-order valence-corrected chi connectivity index (χ4v) is 3.68. The summed E-state index contributed by atoms with van der Waals surface area (Å²) in [7, 11) is -3.25. The molecule has 1 amide bonds. The molecule has 140 valence electrons. The van der Waals surface area contributed by atoms with Crippen LogP contribution in [0.2, 0.25) is 0 Å². The van der Waals surface area contributed by atoms with Crippen molar-refractivity contribution in [1.29, 1.82) is 0 Å². The molecule has 0 radical (unpaired) electrons. The highest BCUT2D eigenvalue weighted by Crippen LogP contribution is 2.16. The molecule has 0 aliphatic carbocycles. The summed E-state index contributed by atoms with van der Waals surface area (Å²) in [4.78, 5) is 16.6. The molecule has 1 saturated heterocycles. The van der Waals surface area contributed by atoms with Crippen LogP contribution in [-0.4, -0.2) is 66.8 Å². The molecule has 0 saturated carbocycles. The molecule has 9 heteroatoms. The molecule has 0 bridgehead atoms. The van der Waals surface area contributed by atoms with E-state index in [1.54, 1.807) is 17.0 Å². The van der Waals surface area contributed by atoms with Gasteiger partial charge in [-0.15, -0.1) is 0 Å². The van der Waals surface area contributed by atoms with Crippen LogP contribution < -0.4 is 5.32 Å². The molecule has 1 aromatic carbocycles. The number of sulfonamides is 1. The predicted molar refractivity (Wildman–Crippen MR) is 96.8 cm³/mol. The number of amides is 1. The van der Waals surface area contributed by atoms with Gasteiger partial charge in [-0.2, -0.15) is 4.31 Å². The minimum atomic E-state index is -3.25. The molecule has 0 spiro atoms. The van der Waals surface area contributed by atoms with E-state index in [4.69, 9.17) is 4.74 Å². The van der Waals surface area contributed by atoms with Crippen LogP contribution in [0.25, 0.3) is 11.4 Å². The monoisotopic (exact) mass is 378 g/mol. The first-order chi connectivity index (χ1) is 12.4. The van der Waals surface area contributed by atoms with Gasteiger partial charge in [0.05, 0.1) is 19.0 Å². The van der Waals surface area contributed by atoms with E-state index in [9.17, 15) is 13.2 Å². The first-order valence-electron chi connectivity index (χ1n) is 8.33.